The number of likely N-dealkylation sites (tertiary alicyclic amines) is 1. The average molecular weight is 334 g/mol. The summed E-state index contributed by atoms with van der Waals surface area (Å²) in [5, 5.41) is 6.67. The second kappa shape index (κ2) is 9.62. The van der Waals surface area contributed by atoms with E-state index in [1.165, 1.54) is 38.9 Å². The van der Waals surface area contributed by atoms with Crippen LogP contribution in [0.1, 0.15) is 37.3 Å². The van der Waals surface area contributed by atoms with Gasteiger partial charge in [-0.05, 0) is 68.9 Å². The van der Waals surface area contributed by atoms with Gasteiger partial charge in [-0.1, -0.05) is 19.1 Å². The van der Waals surface area contributed by atoms with Crippen LogP contribution in [-0.4, -0.2) is 44.1 Å². The Morgan fingerprint density at radius 3 is 2.67 bits per heavy atom. The maximum absolute atomic E-state index is 13.6. The smallest absolute Gasteiger partial charge is 0.191 e. The van der Waals surface area contributed by atoms with E-state index >= 15 is 0 Å². The summed E-state index contributed by atoms with van der Waals surface area (Å²) in [6.07, 6.45) is 3.72. The number of nitrogens with zero attached hydrogens (tertiary/aromatic N) is 2. The zero-order valence-corrected chi connectivity index (χ0v) is 15.2. The van der Waals surface area contributed by atoms with Gasteiger partial charge in [0.05, 0.1) is 0 Å². The van der Waals surface area contributed by atoms with Gasteiger partial charge in [-0.3, -0.25) is 4.99 Å². The van der Waals surface area contributed by atoms with Crippen molar-refractivity contribution in [3.05, 3.63) is 35.1 Å². The number of aliphatic imine (C=N–C) groups is 1. The fourth-order valence-corrected chi connectivity index (χ4v) is 3.12. The van der Waals surface area contributed by atoms with E-state index in [2.05, 4.69) is 27.4 Å². The molecule has 134 valence electrons. The lowest BCUT2D eigenvalue weighted by atomic mass is 9.97. The van der Waals surface area contributed by atoms with Crippen molar-refractivity contribution in [2.45, 2.75) is 39.7 Å². The van der Waals surface area contributed by atoms with Crippen LogP contribution in [0.25, 0.3) is 0 Å². The van der Waals surface area contributed by atoms with E-state index < -0.39 is 0 Å². The fourth-order valence-electron chi connectivity index (χ4n) is 3.12. The maximum Gasteiger partial charge on any atom is 0.191 e. The van der Waals surface area contributed by atoms with Crippen molar-refractivity contribution in [1.29, 1.82) is 0 Å². The van der Waals surface area contributed by atoms with Crippen LogP contribution < -0.4 is 10.6 Å². The van der Waals surface area contributed by atoms with Crippen molar-refractivity contribution in [1.82, 2.24) is 15.5 Å². The van der Waals surface area contributed by atoms with Gasteiger partial charge in [-0.25, -0.2) is 4.39 Å². The third kappa shape index (κ3) is 5.78. The highest BCUT2D eigenvalue weighted by Crippen LogP contribution is 2.16. The fraction of sp³-hybridized carbons (Fsp3) is 0.632. The Kier molecular flexibility index (Phi) is 7.50. The molecule has 0 saturated carbocycles. The quantitative estimate of drug-likeness (QED) is 0.621. The van der Waals surface area contributed by atoms with E-state index in [1.54, 1.807) is 20.0 Å². The predicted molar refractivity (Wildman–Crippen MR) is 98.8 cm³/mol. The normalized spacial score (nSPS) is 17.1. The van der Waals surface area contributed by atoms with Gasteiger partial charge < -0.3 is 15.5 Å². The Hall–Kier alpha value is -1.62. The van der Waals surface area contributed by atoms with Crippen molar-refractivity contribution in [3.8, 4) is 0 Å². The number of guanidine groups is 1. The van der Waals surface area contributed by atoms with Gasteiger partial charge in [0.2, 0.25) is 0 Å². The average Bonchev–Trinajstić information content (AvgIpc) is 2.59. The monoisotopic (exact) mass is 334 g/mol. The van der Waals surface area contributed by atoms with Crippen LogP contribution in [0.5, 0.6) is 0 Å². The number of rotatable bonds is 6. The lowest BCUT2D eigenvalue weighted by molar-refractivity contribution is 0.185. The molecule has 0 atom stereocenters. The largest absolute Gasteiger partial charge is 0.356 e. The van der Waals surface area contributed by atoms with Crippen LogP contribution in [0.2, 0.25) is 0 Å². The lowest BCUT2D eigenvalue weighted by Crippen LogP contribution is -2.42. The molecule has 1 aromatic carbocycles. The van der Waals surface area contributed by atoms with E-state index in [0.29, 0.717) is 18.0 Å². The molecular weight excluding hydrogens is 303 g/mol. The summed E-state index contributed by atoms with van der Waals surface area (Å²) in [6, 6.07) is 5.34. The van der Waals surface area contributed by atoms with Crippen molar-refractivity contribution in [2.24, 2.45) is 10.9 Å². The number of aryl methyl sites for hydroxylation is 1. The molecule has 5 heteroatoms. The first-order valence-corrected chi connectivity index (χ1v) is 9.04. The highest BCUT2D eigenvalue weighted by molar-refractivity contribution is 5.79. The minimum Gasteiger partial charge on any atom is -0.356 e. The first-order valence-electron chi connectivity index (χ1n) is 9.04. The minimum absolute atomic E-state index is 0.156. The molecule has 2 N–H and O–H groups in total. The molecule has 0 aliphatic carbocycles. The second-order valence-corrected chi connectivity index (χ2v) is 6.68. The molecule has 24 heavy (non-hydrogen) atoms. The number of hydrogen-bond acceptors (Lipinski definition) is 2. The summed E-state index contributed by atoms with van der Waals surface area (Å²) in [7, 11) is 1.77. The molecule has 1 saturated heterocycles. The summed E-state index contributed by atoms with van der Waals surface area (Å²) in [6.45, 7) is 9.16. The Morgan fingerprint density at radius 1 is 1.29 bits per heavy atom. The number of hydrogen-bond donors (Lipinski definition) is 2. The molecule has 1 heterocycles. The summed E-state index contributed by atoms with van der Waals surface area (Å²) >= 11 is 0. The van der Waals surface area contributed by atoms with Gasteiger partial charge in [-0.2, -0.15) is 0 Å². The molecular formula is C19H31FN4. The third-order valence-electron chi connectivity index (χ3n) is 4.72. The van der Waals surface area contributed by atoms with Crippen molar-refractivity contribution >= 4 is 5.96 Å². The lowest BCUT2D eigenvalue weighted by Gasteiger charge is -2.32. The number of benzene rings is 1. The molecule has 1 aromatic rings. The van der Waals surface area contributed by atoms with Crippen LogP contribution >= 0.6 is 0 Å². The first-order chi connectivity index (χ1) is 11.6. The second-order valence-electron chi connectivity index (χ2n) is 6.68. The van der Waals surface area contributed by atoms with E-state index in [-0.39, 0.29) is 5.82 Å². The maximum atomic E-state index is 13.6. The first kappa shape index (κ1) is 18.7. The Balaban J connectivity index is 1.72. The Morgan fingerprint density at radius 2 is 2.04 bits per heavy atom. The predicted octanol–water partition coefficient (Wildman–Crippen LogP) is 2.92. The molecule has 0 amide bonds. The number of piperidine rings is 1. The van der Waals surface area contributed by atoms with Crippen molar-refractivity contribution in [3.63, 3.8) is 0 Å². The zero-order chi connectivity index (χ0) is 17.4. The van der Waals surface area contributed by atoms with Crippen LogP contribution in [0, 0.1) is 18.7 Å². The van der Waals surface area contributed by atoms with Crippen molar-refractivity contribution < 1.29 is 4.39 Å². The third-order valence-corrected chi connectivity index (χ3v) is 4.72. The highest BCUT2D eigenvalue weighted by Gasteiger charge is 2.18. The van der Waals surface area contributed by atoms with Crippen LogP contribution in [-0.2, 0) is 6.54 Å². The SMILES string of the molecule is CCCN1CCC(CNC(=NC)NCc2ccc(C)c(F)c2)CC1. The summed E-state index contributed by atoms with van der Waals surface area (Å²) < 4.78 is 13.6. The highest BCUT2D eigenvalue weighted by atomic mass is 19.1. The molecule has 0 aromatic heterocycles. The van der Waals surface area contributed by atoms with E-state index in [9.17, 15) is 4.39 Å². The van der Waals surface area contributed by atoms with Crippen LogP contribution in [0.4, 0.5) is 4.39 Å². The summed E-state index contributed by atoms with van der Waals surface area (Å²) in [5.41, 5.74) is 1.60. The standard InChI is InChI=1S/C19H31FN4/c1-4-9-24-10-7-16(8-11-24)13-22-19(21-3)23-14-17-6-5-15(2)18(20)12-17/h5-6,12,16H,4,7-11,13-14H2,1-3H3,(H2,21,22,23). The molecule has 0 spiro atoms. The van der Waals surface area contributed by atoms with Gasteiger partial charge >= 0.3 is 0 Å². The van der Waals surface area contributed by atoms with Crippen molar-refractivity contribution in [2.75, 3.05) is 33.2 Å². The topological polar surface area (TPSA) is 39.7 Å². The Labute approximate surface area is 145 Å². The number of halogens is 1. The van der Waals surface area contributed by atoms with Gasteiger partial charge in [0.15, 0.2) is 5.96 Å². The molecule has 1 aliphatic heterocycles. The molecule has 2 rings (SSSR count). The Bertz CT molecular complexity index is 536. The van der Waals surface area contributed by atoms with E-state index in [0.717, 1.165) is 18.1 Å². The van der Waals surface area contributed by atoms with Crippen LogP contribution in [0.3, 0.4) is 0 Å². The summed E-state index contributed by atoms with van der Waals surface area (Å²) in [5.74, 6) is 1.33. The molecule has 0 unspecified atom stereocenters. The van der Waals surface area contributed by atoms with Crippen LogP contribution in [0.15, 0.2) is 23.2 Å². The zero-order valence-electron chi connectivity index (χ0n) is 15.2. The molecule has 1 fully saturated rings. The van der Waals surface area contributed by atoms with Gasteiger partial charge in [-0.15, -0.1) is 0 Å². The molecule has 4 nitrogen and oxygen atoms in total. The van der Waals surface area contributed by atoms with Gasteiger partial charge in [0, 0.05) is 20.1 Å². The summed E-state index contributed by atoms with van der Waals surface area (Å²) in [4.78, 5) is 6.81. The molecule has 0 bridgehead atoms. The number of nitrogens with one attached hydrogen (secondary N) is 2. The molecule has 1 aliphatic rings. The van der Waals surface area contributed by atoms with E-state index in [1.807, 2.05) is 12.1 Å². The molecule has 0 radical (unpaired) electrons. The van der Waals surface area contributed by atoms with Gasteiger partial charge in [0.25, 0.3) is 0 Å². The minimum atomic E-state index is -0.156. The van der Waals surface area contributed by atoms with E-state index in [4.69, 9.17) is 0 Å². The van der Waals surface area contributed by atoms with Gasteiger partial charge in [0.1, 0.15) is 5.82 Å².